The third-order valence-corrected chi connectivity index (χ3v) is 2.98. The summed E-state index contributed by atoms with van der Waals surface area (Å²) >= 11 is 5.90. The standard InChI is InChI=1S/C13H18ClNO2.ClH/c1-10(2)15(3)8-9-17-13(16)11-6-4-5-7-12(11)14;/h4-7,10H,8-9H2,1-3H3;1H/p-1. The summed E-state index contributed by atoms with van der Waals surface area (Å²) in [5.74, 6) is -0.368. The van der Waals surface area contributed by atoms with Gasteiger partial charge in [-0.3, -0.25) is 0 Å². The molecular weight excluding hydrogens is 273 g/mol. The fraction of sp³-hybridized carbons (Fsp3) is 0.462. The summed E-state index contributed by atoms with van der Waals surface area (Å²) in [6.45, 7) is 5.28. The number of hydrogen-bond donors (Lipinski definition) is 0. The number of carbonyl (C=O) groups excluding carboxylic acids is 1. The number of halogens is 2. The van der Waals surface area contributed by atoms with Crippen LogP contribution in [0.1, 0.15) is 24.2 Å². The van der Waals surface area contributed by atoms with Gasteiger partial charge in [-0.15, -0.1) is 0 Å². The Kier molecular flexibility index (Phi) is 8.00. The van der Waals surface area contributed by atoms with Crippen LogP contribution < -0.4 is 12.4 Å². The number of benzene rings is 1. The van der Waals surface area contributed by atoms with Crippen molar-refractivity contribution in [2.45, 2.75) is 19.9 Å². The predicted molar refractivity (Wildman–Crippen MR) is 69.5 cm³/mol. The van der Waals surface area contributed by atoms with Crippen molar-refractivity contribution < 1.29 is 21.9 Å². The van der Waals surface area contributed by atoms with E-state index in [1.807, 2.05) is 7.05 Å². The number of esters is 1. The van der Waals surface area contributed by atoms with Crippen LogP contribution in [0.4, 0.5) is 0 Å². The Bertz CT molecular complexity index is 383. The van der Waals surface area contributed by atoms with E-state index in [1.165, 1.54) is 0 Å². The van der Waals surface area contributed by atoms with Gasteiger partial charge >= 0.3 is 5.97 Å². The first-order valence-electron chi connectivity index (χ1n) is 5.64. The smallest absolute Gasteiger partial charge is 0.339 e. The average Bonchev–Trinajstić information content (AvgIpc) is 2.29. The lowest BCUT2D eigenvalue weighted by Gasteiger charge is -2.20. The summed E-state index contributed by atoms with van der Waals surface area (Å²) in [6.07, 6.45) is 0. The summed E-state index contributed by atoms with van der Waals surface area (Å²) in [5, 5.41) is 0.426. The van der Waals surface area contributed by atoms with Crippen molar-refractivity contribution in [3.8, 4) is 0 Å². The van der Waals surface area contributed by atoms with E-state index in [9.17, 15) is 4.79 Å². The third-order valence-electron chi connectivity index (χ3n) is 2.65. The second kappa shape index (κ2) is 8.35. The van der Waals surface area contributed by atoms with Gasteiger partial charge in [0.15, 0.2) is 0 Å². The van der Waals surface area contributed by atoms with Crippen LogP contribution in [-0.2, 0) is 4.74 Å². The normalized spacial score (nSPS) is 10.3. The minimum Gasteiger partial charge on any atom is -1.00 e. The predicted octanol–water partition coefficient (Wildman–Crippen LogP) is -0.159. The van der Waals surface area contributed by atoms with Gasteiger partial charge in [-0.25, -0.2) is 4.79 Å². The van der Waals surface area contributed by atoms with Crippen LogP contribution in [0.3, 0.4) is 0 Å². The van der Waals surface area contributed by atoms with E-state index in [2.05, 4.69) is 18.7 Å². The molecule has 0 radical (unpaired) electrons. The van der Waals surface area contributed by atoms with E-state index in [1.54, 1.807) is 24.3 Å². The van der Waals surface area contributed by atoms with Crippen molar-refractivity contribution in [1.82, 2.24) is 4.90 Å². The molecule has 1 rings (SSSR count). The zero-order chi connectivity index (χ0) is 12.8. The lowest BCUT2D eigenvalue weighted by Crippen LogP contribution is -3.00. The second-order valence-electron chi connectivity index (χ2n) is 4.19. The lowest BCUT2D eigenvalue weighted by molar-refractivity contribution is -0.0000225. The number of ether oxygens (including phenoxy) is 1. The Labute approximate surface area is 119 Å². The Morgan fingerprint density at radius 2 is 2.00 bits per heavy atom. The Hall–Kier alpha value is -0.770. The van der Waals surface area contributed by atoms with E-state index in [0.717, 1.165) is 0 Å². The van der Waals surface area contributed by atoms with Gasteiger partial charge in [-0.05, 0) is 33.0 Å². The van der Waals surface area contributed by atoms with Gasteiger partial charge in [0.1, 0.15) is 6.61 Å². The number of rotatable bonds is 5. The molecular formula is C13H18Cl2NO2-. The van der Waals surface area contributed by atoms with Gasteiger partial charge in [0.25, 0.3) is 0 Å². The zero-order valence-electron chi connectivity index (χ0n) is 10.8. The van der Waals surface area contributed by atoms with E-state index >= 15 is 0 Å². The molecule has 0 heterocycles. The van der Waals surface area contributed by atoms with Crippen LogP contribution in [0.15, 0.2) is 24.3 Å². The molecule has 102 valence electrons. The van der Waals surface area contributed by atoms with Crippen LogP contribution in [0.2, 0.25) is 5.02 Å². The quantitative estimate of drug-likeness (QED) is 0.706. The largest absolute Gasteiger partial charge is 1.00 e. The molecule has 0 N–H and O–H groups in total. The Morgan fingerprint density at radius 1 is 1.39 bits per heavy atom. The molecule has 0 spiro atoms. The number of hydrogen-bond acceptors (Lipinski definition) is 3. The molecule has 0 aliphatic carbocycles. The van der Waals surface area contributed by atoms with Gasteiger partial charge in [0.05, 0.1) is 10.6 Å². The van der Waals surface area contributed by atoms with Crippen LogP contribution in [-0.4, -0.2) is 37.1 Å². The highest BCUT2D eigenvalue weighted by Gasteiger charge is 2.11. The molecule has 3 nitrogen and oxygen atoms in total. The highest BCUT2D eigenvalue weighted by molar-refractivity contribution is 6.33. The molecule has 0 aliphatic rings. The van der Waals surface area contributed by atoms with Gasteiger partial charge in [0, 0.05) is 12.6 Å². The minimum atomic E-state index is -0.368. The van der Waals surface area contributed by atoms with Crippen molar-refractivity contribution >= 4 is 17.6 Å². The van der Waals surface area contributed by atoms with Crippen molar-refractivity contribution in [2.24, 2.45) is 0 Å². The van der Waals surface area contributed by atoms with E-state index in [0.29, 0.717) is 29.8 Å². The van der Waals surface area contributed by atoms with E-state index < -0.39 is 0 Å². The Morgan fingerprint density at radius 3 is 2.56 bits per heavy atom. The molecule has 5 heteroatoms. The first-order chi connectivity index (χ1) is 8.02. The molecule has 0 atom stereocenters. The number of carbonyl (C=O) groups is 1. The molecule has 0 saturated heterocycles. The monoisotopic (exact) mass is 290 g/mol. The third kappa shape index (κ3) is 5.25. The van der Waals surface area contributed by atoms with Crippen LogP contribution >= 0.6 is 11.6 Å². The summed E-state index contributed by atoms with van der Waals surface area (Å²) in [5.41, 5.74) is 0.418. The summed E-state index contributed by atoms with van der Waals surface area (Å²) in [7, 11) is 1.99. The van der Waals surface area contributed by atoms with Gasteiger partial charge < -0.3 is 22.0 Å². The summed E-state index contributed by atoms with van der Waals surface area (Å²) in [4.78, 5) is 13.8. The maximum Gasteiger partial charge on any atom is 0.339 e. The highest BCUT2D eigenvalue weighted by atomic mass is 35.5. The molecule has 1 aromatic carbocycles. The van der Waals surface area contributed by atoms with Gasteiger partial charge in [-0.1, -0.05) is 23.7 Å². The summed E-state index contributed by atoms with van der Waals surface area (Å²) in [6, 6.07) is 7.33. The fourth-order valence-electron chi connectivity index (χ4n) is 1.25. The van der Waals surface area contributed by atoms with Crippen LogP contribution in [0.5, 0.6) is 0 Å². The molecule has 0 bridgehead atoms. The average molecular weight is 291 g/mol. The summed E-state index contributed by atoms with van der Waals surface area (Å²) < 4.78 is 5.16. The van der Waals surface area contributed by atoms with Gasteiger partial charge in [0.2, 0.25) is 0 Å². The minimum absolute atomic E-state index is 0. The zero-order valence-corrected chi connectivity index (χ0v) is 12.3. The highest BCUT2D eigenvalue weighted by Crippen LogP contribution is 2.15. The molecule has 0 amide bonds. The molecule has 0 aromatic heterocycles. The first kappa shape index (κ1) is 17.2. The van der Waals surface area contributed by atoms with E-state index in [4.69, 9.17) is 16.3 Å². The first-order valence-corrected chi connectivity index (χ1v) is 6.02. The van der Waals surface area contributed by atoms with Gasteiger partial charge in [-0.2, -0.15) is 0 Å². The van der Waals surface area contributed by atoms with Crippen molar-refractivity contribution in [2.75, 3.05) is 20.2 Å². The molecule has 0 fully saturated rings. The number of likely N-dealkylation sites (N-methyl/N-ethyl adjacent to an activating group) is 1. The maximum absolute atomic E-state index is 11.7. The van der Waals surface area contributed by atoms with E-state index in [-0.39, 0.29) is 18.4 Å². The van der Waals surface area contributed by atoms with Crippen molar-refractivity contribution in [3.05, 3.63) is 34.9 Å². The fourth-order valence-corrected chi connectivity index (χ4v) is 1.46. The molecule has 0 unspecified atom stereocenters. The van der Waals surface area contributed by atoms with Crippen LogP contribution in [0, 0.1) is 0 Å². The van der Waals surface area contributed by atoms with Crippen LogP contribution in [0.25, 0.3) is 0 Å². The molecule has 18 heavy (non-hydrogen) atoms. The molecule has 0 saturated carbocycles. The number of nitrogens with zero attached hydrogens (tertiary/aromatic N) is 1. The molecule has 1 aromatic rings. The van der Waals surface area contributed by atoms with Crippen molar-refractivity contribution in [1.29, 1.82) is 0 Å². The topological polar surface area (TPSA) is 29.5 Å². The van der Waals surface area contributed by atoms with Crippen molar-refractivity contribution in [3.63, 3.8) is 0 Å². The maximum atomic E-state index is 11.7. The lowest BCUT2D eigenvalue weighted by atomic mass is 10.2. The Balaban J connectivity index is 0.00000289. The second-order valence-corrected chi connectivity index (χ2v) is 4.60. The molecule has 0 aliphatic heterocycles. The SMILES string of the molecule is CC(C)N(C)CCOC(=O)c1ccccc1Cl.[Cl-].